The highest BCUT2D eigenvalue weighted by Gasteiger charge is 2.26. The molecule has 0 aromatic heterocycles. The molecule has 7 heteroatoms. The van der Waals surface area contributed by atoms with E-state index in [2.05, 4.69) is 29.5 Å². The van der Waals surface area contributed by atoms with Crippen LogP contribution in [0.25, 0.3) is 0 Å². The number of rotatable bonds is 11. The summed E-state index contributed by atoms with van der Waals surface area (Å²) in [6, 6.07) is 0.269. The van der Waals surface area contributed by atoms with Gasteiger partial charge in [0.05, 0.1) is 0 Å². The van der Waals surface area contributed by atoms with E-state index in [4.69, 9.17) is 0 Å². The number of guanidine groups is 1. The molecule has 1 aliphatic rings. The van der Waals surface area contributed by atoms with E-state index in [1.54, 1.807) is 19.0 Å². The number of carbonyl (C=O) groups is 1. The van der Waals surface area contributed by atoms with Crippen LogP contribution < -0.4 is 10.6 Å². The summed E-state index contributed by atoms with van der Waals surface area (Å²) >= 11 is 0. The largest absolute Gasteiger partial charge is 0.356 e. The van der Waals surface area contributed by atoms with E-state index >= 15 is 0 Å². The second-order valence-electron chi connectivity index (χ2n) is 8.05. The lowest BCUT2D eigenvalue weighted by Gasteiger charge is -2.30. The number of nitrogens with zero attached hydrogens (tertiary/aromatic N) is 2. The van der Waals surface area contributed by atoms with Gasteiger partial charge in [-0.05, 0) is 31.6 Å². The number of likely N-dealkylation sites (N-methyl/N-ethyl adjacent to an activating group) is 1. The van der Waals surface area contributed by atoms with Gasteiger partial charge in [0.25, 0.3) is 0 Å². The van der Waals surface area contributed by atoms with E-state index in [0.29, 0.717) is 5.92 Å². The molecule has 0 heterocycles. The van der Waals surface area contributed by atoms with E-state index < -0.39 is 10.8 Å². The molecule has 1 rings (SSSR count). The first-order valence-corrected chi connectivity index (χ1v) is 12.4. The lowest BCUT2D eigenvalue weighted by Crippen LogP contribution is -2.48. The van der Waals surface area contributed by atoms with Crippen molar-refractivity contribution in [1.82, 2.24) is 15.5 Å². The van der Waals surface area contributed by atoms with Crippen molar-refractivity contribution in [2.24, 2.45) is 10.9 Å². The first-order chi connectivity index (χ1) is 13.4. The van der Waals surface area contributed by atoms with E-state index in [-0.39, 0.29) is 23.7 Å². The summed E-state index contributed by atoms with van der Waals surface area (Å²) in [6.07, 6.45) is 8.92. The Bertz CT molecular complexity index is 511. The normalized spacial score (nSPS) is 22.4. The number of amides is 1. The first kappa shape index (κ1) is 24.9. The van der Waals surface area contributed by atoms with Gasteiger partial charge in [0.15, 0.2) is 5.96 Å². The van der Waals surface area contributed by atoms with Crippen LogP contribution in [0, 0.1) is 5.92 Å². The van der Waals surface area contributed by atoms with Gasteiger partial charge in [-0.25, -0.2) is 4.99 Å². The predicted octanol–water partition coefficient (Wildman–Crippen LogP) is 2.91. The van der Waals surface area contributed by atoms with Gasteiger partial charge in [0.2, 0.25) is 5.91 Å². The highest BCUT2D eigenvalue weighted by Crippen LogP contribution is 2.23. The number of nitrogens with one attached hydrogen (secondary N) is 2. The van der Waals surface area contributed by atoms with Gasteiger partial charge in [-0.2, -0.15) is 0 Å². The monoisotopic (exact) mass is 414 g/mol. The topological polar surface area (TPSA) is 73.8 Å². The number of hydrogen-bond acceptors (Lipinski definition) is 3. The molecule has 0 aliphatic heterocycles. The lowest BCUT2D eigenvalue weighted by atomic mass is 9.95. The Labute approximate surface area is 174 Å². The maximum atomic E-state index is 12.2. The fourth-order valence-electron chi connectivity index (χ4n) is 3.57. The number of aliphatic imine (C=N–C) groups is 1. The molecule has 0 aromatic rings. The summed E-state index contributed by atoms with van der Waals surface area (Å²) in [4.78, 5) is 18.1. The molecule has 2 N–H and O–H groups in total. The Hall–Kier alpha value is -1.11. The SMILES string of the molecule is CCCCC(CC)CNC(=NCC(=O)N(C)C)NC1CCCC(S(=O)CC)C1. The summed E-state index contributed by atoms with van der Waals surface area (Å²) in [5, 5.41) is 7.27. The smallest absolute Gasteiger partial charge is 0.243 e. The molecule has 4 unspecified atom stereocenters. The second kappa shape index (κ2) is 14.0. The van der Waals surface area contributed by atoms with Crippen molar-refractivity contribution >= 4 is 22.7 Å². The summed E-state index contributed by atoms with van der Waals surface area (Å²) in [7, 11) is 2.76. The molecule has 0 spiro atoms. The zero-order valence-electron chi connectivity index (χ0n) is 18.6. The van der Waals surface area contributed by atoms with Gasteiger partial charge >= 0.3 is 0 Å². The summed E-state index contributed by atoms with van der Waals surface area (Å²) in [5.41, 5.74) is 0. The van der Waals surface area contributed by atoms with Crippen molar-refractivity contribution in [1.29, 1.82) is 0 Å². The van der Waals surface area contributed by atoms with Crippen LogP contribution in [0.4, 0.5) is 0 Å². The van der Waals surface area contributed by atoms with Gasteiger partial charge in [-0.3, -0.25) is 9.00 Å². The number of carbonyl (C=O) groups excluding carboxylic acids is 1. The molecule has 1 amide bonds. The van der Waals surface area contributed by atoms with Crippen molar-refractivity contribution in [3.05, 3.63) is 0 Å². The Morgan fingerprint density at radius 1 is 1.25 bits per heavy atom. The van der Waals surface area contributed by atoms with Crippen LogP contribution in [0.1, 0.15) is 72.1 Å². The number of unbranched alkanes of at least 4 members (excludes halogenated alkanes) is 1. The Balaban J connectivity index is 2.72. The summed E-state index contributed by atoms with van der Waals surface area (Å²) in [5.74, 6) is 2.05. The average Bonchev–Trinajstić information content (AvgIpc) is 2.70. The van der Waals surface area contributed by atoms with Crippen LogP contribution in [0.2, 0.25) is 0 Å². The first-order valence-electron chi connectivity index (χ1n) is 11.0. The zero-order valence-corrected chi connectivity index (χ0v) is 19.4. The molecule has 164 valence electrons. The Morgan fingerprint density at radius 2 is 2.00 bits per heavy atom. The third kappa shape index (κ3) is 9.39. The molecule has 28 heavy (non-hydrogen) atoms. The molecule has 0 aromatic carbocycles. The third-order valence-electron chi connectivity index (χ3n) is 5.60. The minimum atomic E-state index is -0.744. The van der Waals surface area contributed by atoms with Crippen LogP contribution in [-0.4, -0.2) is 65.2 Å². The standard InChI is InChI=1S/C21H42N4O2S/c1-6-9-11-17(7-2)15-22-21(23-16-20(26)25(4)5)24-18-12-10-13-19(14-18)28(27)8-3/h17-19H,6-16H2,1-5H3,(H2,22,23,24). The molecule has 1 saturated carbocycles. The van der Waals surface area contributed by atoms with Gasteiger partial charge in [-0.15, -0.1) is 0 Å². The van der Waals surface area contributed by atoms with Crippen LogP contribution >= 0.6 is 0 Å². The quantitative estimate of drug-likeness (QED) is 0.403. The predicted molar refractivity (Wildman–Crippen MR) is 120 cm³/mol. The summed E-state index contributed by atoms with van der Waals surface area (Å²) in [6.45, 7) is 7.46. The molecule has 1 aliphatic carbocycles. The third-order valence-corrected chi connectivity index (χ3v) is 7.34. The van der Waals surface area contributed by atoms with Crippen LogP contribution in [-0.2, 0) is 15.6 Å². The van der Waals surface area contributed by atoms with E-state index in [1.165, 1.54) is 19.3 Å². The van der Waals surface area contributed by atoms with Crippen molar-refractivity contribution in [2.75, 3.05) is 32.9 Å². The molecule has 0 bridgehead atoms. The minimum Gasteiger partial charge on any atom is -0.356 e. The maximum absolute atomic E-state index is 12.2. The Kier molecular flexibility index (Phi) is 12.4. The maximum Gasteiger partial charge on any atom is 0.243 e. The molecule has 4 atom stereocenters. The number of hydrogen-bond donors (Lipinski definition) is 2. The molecule has 1 fully saturated rings. The highest BCUT2D eigenvalue weighted by atomic mass is 32.2. The van der Waals surface area contributed by atoms with Crippen molar-refractivity contribution in [3.63, 3.8) is 0 Å². The second-order valence-corrected chi connectivity index (χ2v) is 10.1. The summed E-state index contributed by atoms with van der Waals surface area (Å²) < 4.78 is 12.2. The van der Waals surface area contributed by atoms with Crippen LogP contribution in [0.3, 0.4) is 0 Å². The average molecular weight is 415 g/mol. The molecule has 0 saturated heterocycles. The fraction of sp³-hybridized carbons (Fsp3) is 0.905. The highest BCUT2D eigenvalue weighted by molar-refractivity contribution is 7.85. The van der Waals surface area contributed by atoms with E-state index in [1.807, 2.05) is 6.92 Å². The van der Waals surface area contributed by atoms with Gasteiger partial charge < -0.3 is 15.5 Å². The molecule has 6 nitrogen and oxygen atoms in total. The molecular weight excluding hydrogens is 372 g/mol. The molecular formula is C21H42N4O2S. The van der Waals surface area contributed by atoms with Crippen LogP contribution in [0.15, 0.2) is 4.99 Å². The van der Waals surface area contributed by atoms with Crippen LogP contribution in [0.5, 0.6) is 0 Å². The van der Waals surface area contributed by atoms with Gasteiger partial charge in [-0.1, -0.05) is 46.5 Å². The van der Waals surface area contributed by atoms with Gasteiger partial charge in [0.1, 0.15) is 6.54 Å². The fourth-order valence-corrected chi connectivity index (χ4v) is 4.92. The zero-order chi connectivity index (χ0) is 20.9. The Morgan fingerprint density at radius 3 is 2.61 bits per heavy atom. The van der Waals surface area contributed by atoms with Crippen molar-refractivity contribution < 1.29 is 9.00 Å². The molecule has 0 radical (unpaired) electrons. The lowest BCUT2D eigenvalue weighted by molar-refractivity contribution is -0.127. The van der Waals surface area contributed by atoms with Gasteiger partial charge in [0, 0.05) is 48.5 Å². The van der Waals surface area contributed by atoms with Crippen molar-refractivity contribution in [3.8, 4) is 0 Å². The van der Waals surface area contributed by atoms with E-state index in [9.17, 15) is 9.00 Å². The minimum absolute atomic E-state index is 0.00673. The van der Waals surface area contributed by atoms with Crippen molar-refractivity contribution in [2.45, 2.75) is 83.4 Å². The van der Waals surface area contributed by atoms with E-state index in [0.717, 1.165) is 50.4 Å².